The number of nitrogens with one attached hydrogen (secondary N) is 2. The van der Waals surface area contributed by atoms with E-state index in [0.717, 1.165) is 26.4 Å². The molecule has 0 aromatic rings. The molecule has 4 aliphatic rings. The molecule has 0 radical (unpaired) electrons. The number of carbonyl (C=O) groups is 2. The van der Waals surface area contributed by atoms with Gasteiger partial charge in [-0.15, -0.1) is 0 Å². The quantitative estimate of drug-likeness (QED) is 0.439. The molecule has 0 aromatic heterocycles. The number of aliphatic carboxylic acids is 2. The molecule has 4 rings (SSSR count). The molecular weight excluding hydrogens is 292 g/mol. The molecule has 8 heteroatoms. The molecule has 2 spiro atoms. The Morgan fingerprint density at radius 1 is 0.773 bits per heavy atom. The van der Waals surface area contributed by atoms with Gasteiger partial charge in [-0.25, -0.2) is 9.59 Å². The first kappa shape index (κ1) is 17.1. The summed E-state index contributed by atoms with van der Waals surface area (Å²) in [6.45, 7) is 6.20. The number of ether oxygens (including phenoxy) is 2. The highest BCUT2D eigenvalue weighted by Crippen LogP contribution is 2.27. The number of carboxylic acids is 2. The number of rotatable bonds is 0. The van der Waals surface area contributed by atoms with Crippen molar-refractivity contribution in [3.63, 3.8) is 0 Å². The van der Waals surface area contributed by atoms with Gasteiger partial charge in [-0.3, -0.25) is 0 Å². The minimum atomic E-state index is -1.82. The van der Waals surface area contributed by atoms with E-state index in [4.69, 9.17) is 29.3 Å². The maximum absolute atomic E-state index is 9.10. The molecule has 0 atom stereocenters. The molecule has 126 valence electrons. The first-order valence-electron chi connectivity index (χ1n) is 7.59. The summed E-state index contributed by atoms with van der Waals surface area (Å²) in [5.41, 5.74) is 0.889. The smallest absolute Gasteiger partial charge is 0.414 e. The van der Waals surface area contributed by atoms with Crippen LogP contribution in [-0.4, -0.2) is 72.7 Å². The Bertz CT molecular complexity index is 352. The van der Waals surface area contributed by atoms with E-state index in [-0.39, 0.29) is 0 Å². The molecule has 4 saturated heterocycles. The van der Waals surface area contributed by atoms with Crippen molar-refractivity contribution in [1.29, 1.82) is 0 Å². The van der Waals surface area contributed by atoms with Gasteiger partial charge in [-0.05, 0) is 38.8 Å². The van der Waals surface area contributed by atoms with Gasteiger partial charge >= 0.3 is 11.9 Å². The predicted octanol–water partition coefficient (Wildman–Crippen LogP) is -0.567. The van der Waals surface area contributed by atoms with E-state index in [0.29, 0.717) is 11.1 Å². The lowest BCUT2D eigenvalue weighted by Gasteiger charge is -2.37. The second-order valence-corrected chi connectivity index (χ2v) is 6.22. The van der Waals surface area contributed by atoms with Crippen LogP contribution in [0, 0.1) is 0 Å². The Morgan fingerprint density at radius 2 is 1.14 bits per heavy atom. The van der Waals surface area contributed by atoms with Crippen LogP contribution in [0.15, 0.2) is 0 Å². The van der Waals surface area contributed by atoms with Crippen LogP contribution in [0.2, 0.25) is 0 Å². The van der Waals surface area contributed by atoms with Crippen molar-refractivity contribution in [2.75, 3.05) is 39.5 Å². The summed E-state index contributed by atoms with van der Waals surface area (Å²) < 4.78 is 10.2. The Kier molecular flexibility index (Phi) is 5.74. The van der Waals surface area contributed by atoms with E-state index in [1.807, 2.05) is 0 Å². The van der Waals surface area contributed by atoms with Gasteiger partial charge in [0.25, 0.3) is 0 Å². The molecule has 0 bridgehead atoms. The van der Waals surface area contributed by atoms with Gasteiger partial charge in [0.15, 0.2) is 0 Å². The fourth-order valence-corrected chi connectivity index (χ4v) is 2.93. The first-order valence-corrected chi connectivity index (χ1v) is 7.59. The van der Waals surface area contributed by atoms with Crippen LogP contribution in [0.5, 0.6) is 0 Å². The van der Waals surface area contributed by atoms with Crippen LogP contribution in [0.3, 0.4) is 0 Å². The molecule has 0 aromatic carbocycles. The zero-order valence-electron chi connectivity index (χ0n) is 12.6. The molecule has 4 heterocycles. The van der Waals surface area contributed by atoms with Gasteiger partial charge in [0.1, 0.15) is 0 Å². The zero-order chi connectivity index (χ0) is 16.1. The Hall–Kier alpha value is -1.22. The van der Waals surface area contributed by atoms with Gasteiger partial charge in [-0.1, -0.05) is 0 Å². The van der Waals surface area contributed by atoms with Crippen LogP contribution in [-0.2, 0) is 19.1 Å². The van der Waals surface area contributed by atoms with Crippen molar-refractivity contribution in [1.82, 2.24) is 10.6 Å². The van der Waals surface area contributed by atoms with Crippen molar-refractivity contribution in [3.8, 4) is 0 Å². The monoisotopic (exact) mass is 316 g/mol. The van der Waals surface area contributed by atoms with E-state index < -0.39 is 11.9 Å². The molecule has 4 fully saturated rings. The van der Waals surface area contributed by atoms with Gasteiger partial charge in [-0.2, -0.15) is 0 Å². The van der Waals surface area contributed by atoms with E-state index in [1.54, 1.807) is 0 Å². The lowest BCUT2D eigenvalue weighted by Crippen LogP contribution is -2.56. The van der Waals surface area contributed by atoms with E-state index in [9.17, 15) is 0 Å². The van der Waals surface area contributed by atoms with Gasteiger partial charge in [0.2, 0.25) is 0 Å². The summed E-state index contributed by atoms with van der Waals surface area (Å²) in [5.74, 6) is -3.65. The third-order valence-corrected chi connectivity index (χ3v) is 4.36. The summed E-state index contributed by atoms with van der Waals surface area (Å²) in [4.78, 5) is 18.2. The van der Waals surface area contributed by atoms with Crippen molar-refractivity contribution in [2.45, 2.75) is 36.8 Å². The van der Waals surface area contributed by atoms with Crippen molar-refractivity contribution in [2.24, 2.45) is 0 Å². The molecule has 0 unspecified atom stereocenters. The minimum absolute atomic E-state index is 0.444. The van der Waals surface area contributed by atoms with Crippen LogP contribution in [0.25, 0.3) is 0 Å². The second-order valence-electron chi connectivity index (χ2n) is 6.22. The third-order valence-electron chi connectivity index (χ3n) is 4.36. The predicted molar refractivity (Wildman–Crippen MR) is 76.8 cm³/mol. The second kappa shape index (κ2) is 7.36. The maximum atomic E-state index is 9.10. The minimum Gasteiger partial charge on any atom is -0.473 e. The van der Waals surface area contributed by atoms with Crippen LogP contribution in [0.1, 0.15) is 25.7 Å². The van der Waals surface area contributed by atoms with E-state index in [1.165, 1.54) is 38.8 Å². The molecule has 0 saturated carbocycles. The summed E-state index contributed by atoms with van der Waals surface area (Å²) in [6.07, 6.45) is 5.33. The van der Waals surface area contributed by atoms with Crippen LogP contribution in [0.4, 0.5) is 0 Å². The number of carboxylic acid groups (broad SMARTS) is 2. The fourth-order valence-electron chi connectivity index (χ4n) is 2.93. The third kappa shape index (κ3) is 4.39. The summed E-state index contributed by atoms with van der Waals surface area (Å²) in [7, 11) is 0. The van der Waals surface area contributed by atoms with Crippen molar-refractivity contribution >= 4 is 11.9 Å². The van der Waals surface area contributed by atoms with Gasteiger partial charge in [0.05, 0.1) is 37.5 Å². The molecule has 4 N–H and O–H groups in total. The van der Waals surface area contributed by atoms with Crippen LogP contribution < -0.4 is 10.6 Å². The summed E-state index contributed by atoms with van der Waals surface area (Å²) >= 11 is 0. The summed E-state index contributed by atoms with van der Waals surface area (Å²) in [6, 6.07) is 0. The lowest BCUT2D eigenvalue weighted by atomic mass is 9.96. The van der Waals surface area contributed by atoms with E-state index >= 15 is 0 Å². The highest BCUT2D eigenvalue weighted by atomic mass is 16.5. The standard InChI is InChI=1S/2C6H11NO.C2H2O4/c2*1-2-6(7-3-1)4-8-5-6;3-1(4)2(5)6/h2*7H,1-5H2;(H,3,4)(H,5,6). The normalized spacial score (nSPS) is 26.0. The highest BCUT2D eigenvalue weighted by Gasteiger charge is 2.41. The number of hydrogen-bond acceptors (Lipinski definition) is 6. The molecule has 0 amide bonds. The number of hydrogen-bond donors (Lipinski definition) is 4. The average Bonchev–Trinajstić information content (AvgIpc) is 3.08. The molecule has 0 aliphatic carbocycles. The Balaban J connectivity index is 0.000000123. The fraction of sp³-hybridized carbons (Fsp3) is 0.857. The lowest BCUT2D eigenvalue weighted by molar-refractivity contribution is -0.159. The SMILES string of the molecule is C1CNC2(C1)COC2.C1CNC2(C1)COC2.O=C(O)C(=O)O. The zero-order valence-corrected chi connectivity index (χ0v) is 12.6. The van der Waals surface area contributed by atoms with Crippen molar-refractivity contribution in [3.05, 3.63) is 0 Å². The van der Waals surface area contributed by atoms with Crippen molar-refractivity contribution < 1.29 is 29.3 Å². The average molecular weight is 316 g/mol. The molecule has 22 heavy (non-hydrogen) atoms. The van der Waals surface area contributed by atoms with E-state index in [2.05, 4.69) is 10.6 Å². The highest BCUT2D eigenvalue weighted by molar-refractivity contribution is 6.27. The largest absolute Gasteiger partial charge is 0.473 e. The maximum Gasteiger partial charge on any atom is 0.414 e. The Morgan fingerprint density at radius 3 is 1.23 bits per heavy atom. The van der Waals surface area contributed by atoms with Gasteiger partial charge in [0, 0.05) is 0 Å². The molecule has 8 nitrogen and oxygen atoms in total. The molecule has 4 aliphatic heterocycles. The first-order chi connectivity index (χ1) is 10.5. The summed E-state index contributed by atoms with van der Waals surface area (Å²) in [5, 5.41) is 21.7. The molecular formula is C14H24N2O6. The van der Waals surface area contributed by atoms with Gasteiger partial charge < -0.3 is 30.3 Å². The van der Waals surface area contributed by atoms with Crippen LogP contribution >= 0.6 is 0 Å². The Labute approximate surface area is 129 Å². The topological polar surface area (TPSA) is 117 Å².